The molecule has 2 heterocycles. The van der Waals surface area contributed by atoms with Crippen LogP contribution in [0, 0.1) is 0 Å². The van der Waals surface area contributed by atoms with Crippen molar-refractivity contribution in [2.45, 2.75) is 5.41 Å². The molecular formula is C51H31N3. The van der Waals surface area contributed by atoms with Gasteiger partial charge in [-0.25, -0.2) is 9.97 Å². The SMILES string of the molecule is c1ccc(-c2cc(N3c4ccccc4-c4cc5c(c6cccc3c46)-c3ccccc3C53c4ccccc4-c4ccccc43)nc(-c3ccccc3)n2)cc1. The summed E-state index contributed by atoms with van der Waals surface area (Å²) in [5.41, 5.74) is 17.8. The molecule has 3 aliphatic rings. The normalized spacial score (nSPS) is 13.7. The van der Waals surface area contributed by atoms with Crippen LogP contribution in [-0.2, 0) is 5.41 Å². The molecule has 3 heteroatoms. The largest absolute Gasteiger partial charge is 0.294 e. The van der Waals surface area contributed by atoms with Gasteiger partial charge in [0.2, 0.25) is 0 Å². The minimum atomic E-state index is -0.423. The van der Waals surface area contributed by atoms with Gasteiger partial charge >= 0.3 is 0 Å². The fourth-order valence-electron chi connectivity index (χ4n) is 9.73. The summed E-state index contributed by atoms with van der Waals surface area (Å²) in [4.78, 5) is 12.8. The van der Waals surface area contributed by atoms with Crippen molar-refractivity contribution in [1.82, 2.24) is 9.97 Å². The molecule has 2 aliphatic carbocycles. The number of hydrogen-bond donors (Lipinski definition) is 0. The highest BCUT2D eigenvalue weighted by molar-refractivity contribution is 6.20. The second kappa shape index (κ2) is 11.0. The van der Waals surface area contributed by atoms with Crippen LogP contribution in [0.15, 0.2) is 188 Å². The Hall–Kier alpha value is -7.10. The quantitative estimate of drug-likeness (QED) is 0.185. The van der Waals surface area contributed by atoms with Crippen LogP contribution < -0.4 is 4.90 Å². The van der Waals surface area contributed by atoms with Crippen molar-refractivity contribution >= 4 is 28.0 Å². The molecule has 0 N–H and O–H groups in total. The number of aromatic nitrogens is 2. The Labute approximate surface area is 313 Å². The minimum absolute atomic E-state index is 0.423. The molecule has 0 atom stereocenters. The van der Waals surface area contributed by atoms with E-state index in [4.69, 9.17) is 9.97 Å². The monoisotopic (exact) mass is 685 g/mol. The first-order chi connectivity index (χ1) is 26.8. The van der Waals surface area contributed by atoms with Gasteiger partial charge in [-0.2, -0.15) is 0 Å². The lowest BCUT2D eigenvalue weighted by molar-refractivity contribution is 0.794. The molecule has 0 bridgehead atoms. The Morgan fingerprint density at radius 2 is 0.944 bits per heavy atom. The van der Waals surface area contributed by atoms with Gasteiger partial charge in [0.25, 0.3) is 0 Å². The van der Waals surface area contributed by atoms with E-state index in [1.807, 2.05) is 24.3 Å². The second-order valence-corrected chi connectivity index (χ2v) is 14.5. The molecule has 1 aromatic heterocycles. The summed E-state index contributed by atoms with van der Waals surface area (Å²) in [6, 6.07) is 68.2. The molecule has 3 nitrogen and oxygen atoms in total. The van der Waals surface area contributed by atoms with E-state index >= 15 is 0 Å². The Morgan fingerprint density at radius 1 is 0.389 bits per heavy atom. The summed E-state index contributed by atoms with van der Waals surface area (Å²) in [5.74, 6) is 1.54. The molecule has 0 saturated heterocycles. The van der Waals surface area contributed by atoms with Gasteiger partial charge < -0.3 is 0 Å². The van der Waals surface area contributed by atoms with E-state index in [1.165, 1.54) is 66.4 Å². The van der Waals surface area contributed by atoms with Gasteiger partial charge in [0, 0.05) is 28.1 Å². The predicted octanol–water partition coefficient (Wildman–Crippen LogP) is 12.8. The molecule has 0 radical (unpaired) electrons. The van der Waals surface area contributed by atoms with E-state index in [1.54, 1.807) is 0 Å². The number of anilines is 3. The maximum Gasteiger partial charge on any atom is 0.162 e. The van der Waals surface area contributed by atoms with Gasteiger partial charge in [0.05, 0.1) is 22.5 Å². The van der Waals surface area contributed by atoms with Crippen molar-refractivity contribution in [2.75, 3.05) is 4.90 Å². The first-order valence-corrected chi connectivity index (χ1v) is 18.6. The fraction of sp³-hybridized carbons (Fsp3) is 0.0196. The summed E-state index contributed by atoms with van der Waals surface area (Å²) < 4.78 is 0. The van der Waals surface area contributed by atoms with Gasteiger partial charge in [0.1, 0.15) is 5.82 Å². The topological polar surface area (TPSA) is 29.0 Å². The van der Waals surface area contributed by atoms with E-state index in [9.17, 15) is 0 Å². The molecule has 0 saturated carbocycles. The minimum Gasteiger partial charge on any atom is -0.294 e. The molecule has 0 amide bonds. The number of hydrogen-bond acceptors (Lipinski definition) is 3. The molecule has 12 rings (SSSR count). The lowest BCUT2D eigenvalue weighted by Gasteiger charge is -2.35. The maximum absolute atomic E-state index is 5.34. The molecule has 1 aliphatic heterocycles. The predicted molar refractivity (Wildman–Crippen MR) is 220 cm³/mol. The smallest absolute Gasteiger partial charge is 0.162 e. The summed E-state index contributed by atoms with van der Waals surface area (Å²) in [7, 11) is 0. The van der Waals surface area contributed by atoms with Gasteiger partial charge in [-0.3, -0.25) is 4.90 Å². The number of nitrogens with zero attached hydrogens (tertiary/aromatic N) is 3. The van der Waals surface area contributed by atoms with Crippen molar-refractivity contribution < 1.29 is 0 Å². The standard InChI is InChI=1S/C51H31N3/c1-3-16-32(17-4-1)44-31-47(53-50(52-44)33-18-5-2-6-19-33)54-45-28-14-10-22-36(45)39-30-43-48(38-24-15-29-46(54)49(38)39)37-23-9-13-27-42(37)51(43)40-25-11-7-20-34(40)35-21-8-12-26-41(35)51/h1-31H. The zero-order valence-corrected chi connectivity index (χ0v) is 29.2. The van der Waals surface area contributed by atoms with Crippen molar-refractivity contribution in [1.29, 1.82) is 0 Å². The van der Waals surface area contributed by atoms with E-state index in [2.05, 4.69) is 169 Å². The number of rotatable bonds is 3. The van der Waals surface area contributed by atoms with Crippen molar-refractivity contribution in [2.24, 2.45) is 0 Å². The molecular weight excluding hydrogens is 655 g/mol. The van der Waals surface area contributed by atoms with Gasteiger partial charge in [0.15, 0.2) is 5.82 Å². The van der Waals surface area contributed by atoms with Crippen LogP contribution in [-0.4, -0.2) is 9.97 Å². The van der Waals surface area contributed by atoms with Gasteiger partial charge in [-0.05, 0) is 73.7 Å². The lowest BCUT2D eigenvalue weighted by Crippen LogP contribution is -2.26. The highest BCUT2D eigenvalue weighted by Gasteiger charge is 2.52. The van der Waals surface area contributed by atoms with Crippen LogP contribution in [0.4, 0.5) is 17.2 Å². The molecule has 250 valence electrons. The van der Waals surface area contributed by atoms with Crippen molar-refractivity contribution in [3.05, 3.63) is 210 Å². The third-order valence-corrected chi connectivity index (χ3v) is 11.8. The average Bonchev–Trinajstić information content (AvgIpc) is 3.72. The van der Waals surface area contributed by atoms with Crippen LogP contribution in [0.1, 0.15) is 22.3 Å². The summed E-state index contributed by atoms with van der Waals surface area (Å²) in [6.45, 7) is 0. The van der Waals surface area contributed by atoms with Crippen LogP contribution in [0.25, 0.3) is 66.8 Å². The second-order valence-electron chi connectivity index (χ2n) is 14.5. The molecule has 1 spiro atoms. The van der Waals surface area contributed by atoms with Crippen LogP contribution in [0.3, 0.4) is 0 Å². The Kier molecular flexibility index (Phi) is 5.98. The highest BCUT2D eigenvalue weighted by Crippen LogP contribution is 2.65. The average molecular weight is 686 g/mol. The van der Waals surface area contributed by atoms with E-state index in [0.29, 0.717) is 5.82 Å². The van der Waals surface area contributed by atoms with Crippen molar-refractivity contribution in [3.8, 4) is 56.0 Å². The number of fused-ring (bicyclic) bond motifs is 13. The zero-order valence-electron chi connectivity index (χ0n) is 29.2. The molecule has 0 fully saturated rings. The lowest BCUT2D eigenvalue weighted by atomic mass is 9.69. The Balaban J connectivity index is 1.19. The third-order valence-electron chi connectivity index (χ3n) is 11.8. The Morgan fingerprint density at radius 3 is 1.65 bits per heavy atom. The van der Waals surface area contributed by atoms with Gasteiger partial charge in [-0.15, -0.1) is 0 Å². The summed E-state index contributed by atoms with van der Waals surface area (Å²) in [5, 5.41) is 2.49. The maximum atomic E-state index is 5.34. The highest BCUT2D eigenvalue weighted by atomic mass is 15.2. The van der Waals surface area contributed by atoms with E-state index in [0.717, 1.165) is 34.0 Å². The zero-order chi connectivity index (χ0) is 35.4. The molecule has 0 unspecified atom stereocenters. The van der Waals surface area contributed by atoms with Crippen LogP contribution >= 0.6 is 0 Å². The molecule has 54 heavy (non-hydrogen) atoms. The first kappa shape index (κ1) is 29.5. The summed E-state index contributed by atoms with van der Waals surface area (Å²) in [6.07, 6.45) is 0. The van der Waals surface area contributed by atoms with Gasteiger partial charge in [-0.1, -0.05) is 164 Å². The van der Waals surface area contributed by atoms with Crippen LogP contribution in [0.5, 0.6) is 0 Å². The first-order valence-electron chi connectivity index (χ1n) is 18.6. The molecule has 9 aromatic rings. The van der Waals surface area contributed by atoms with E-state index < -0.39 is 5.41 Å². The number of para-hydroxylation sites is 1. The van der Waals surface area contributed by atoms with E-state index in [-0.39, 0.29) is 0 Å². The Bertz CT molecular complexity index is 2900. The number of benzene rings is 8. The third kappa shape index (κ3) is 3.80. The molecule has 8 aromatic carbocycles. The van der Waals surface area contributed by atoms with Crippen LogP contribution in [0.2, 0.25) is 0 Å². The van der Waals surface area contributed by atoms with Crippen molar-refractivity contribution in [3.63, 3.8) is 0 Å². The summed E-state index contributed by atoms with van der Waals surface area (Å²) >= 11 is 0. The fourth-order valence-corrected chi connectivity index (χ4v) is 9.73.